The number of allylic oxidation sites excluding steroid dienone is 1. The highest BCUT2D eigenvalue weighted by Gasteiger charge is 2.10. The van der Waals surface area contributed by atoms with Crippen molar-refractivity contribution in [2.75, 3.05) is 14.2 Å². The Balaban J connectivity index is 3.19. The van der Waals surface area contributed by atoms with Crippen molar-refractivity contribution >= 4 is 0 Å². The van der Waals surface area contributed by atoms with Crippen molar-refractivity contribution in [3.05, 3.63) is 23.9 Å². The van der Waals surface area contributed by atoms with Crippen molar-refractivity contribution in [2.45, 2.75) is 13.3 Å². The van der Waals surface area contributed by atoms with Crippen LogP contribution in [0.2, 0.25) is 0 Å². The van der Waals surface area contributed by atoms with Gasteiger partial charge in [-0.1, -0.05) is 6.08 Å². The van der Waals surface area contributed by atoms with Crippen LogP contribution in [0.25, 0.3) is 0 Å². The van der Waals surface area contributed by atoms with Crippen LogP contribution in [0, 0.1) is 6.92 Å². The van der Waals surface area contributed by atoms with E-state index in [0.717, 1.165) is 11.3 Å². The number of aromatic nitrogens is 2. The SMILES string of the molecule is C=CCc1c(C)nc(OC)nc1OC. The van der Waals surface area contributed by atoms with E-state index in [9.17, 15) is 0 Å². The molecule has 0 spiro atoms. The Morgan fingerprint density at radius 1 is 1.29 bits per heavy atom. The highest BCUT2D eigenvalue weighted by atomic mass is 16.5. The Bertz CT molecular complexity index is 337. The topological polar surface area (TPSA) is 44.2 Å². The van der Waals surface area contributed by atoms with Crippen LogP contribution in [0.15, 0.2) is 12.7 Å². The molecule has 0 fully saturated rings. The van der Waals surface area contributed by atoms with Gasteiger partial charge >= 0.3 is 6.01 Å². The minimum Gasteiger partial charge on any atom is -0.481 e. The molecule has 4 heteroatoms. The third-order valence-electron chi connectivity index (χ3n) is 1.88. The molecule has 76 valence electrons. The Morgan fingerprint density at radius 2 is 2.00 bits per heavy atom. The molecule has 14 heavy (non-hydrogen) atoms. The van der Waals surface area contributed by atoms with Gasteiger partial charge in [-0.05, 0) is 13.3 Å². The Kier molecular flexibility index (Phi) is 3.45. The maximum absolute atomic E-state index is 5.14. The summed E-state index contributed by atoms with van der Waals surface area (Å²) in [6.45, 7) is 5.57. The average molecular weight is 194 g/mol. The van der Waals surface area contributed by atoms with E-state index in [1.807, 2.05) is 6.92 Å². The molecular weight excluding hydrogens is 180 g/mol. The largest absolute Gasteiger partial charge is 0.481 e. The molecule has 1 aromatic heterocycles. The van der Waals surface area contributed by atoms with Crippen molar-refractivity contribution in [1.82, 2.24) is 9.97 Å². The fourth-order valence-electron chi connectivity index (χ4n) is 1.18. The molecule has 0 unspecified atom stereocenters. The fraction of sp³-hybridized carbons (Fsp3) is 0.400. The standard InChI is InChI=1S/C10H14N2O2/c1-5-6-8-7(2)11-10(14-4)12-9(8)13-3/h5H,1,6H2,2-4H3. The van der Waals surface area contributed by atoms with E-state index in [1.54, 1.807) is 13.2 Å². The van der Waals surface area contributed by atoms with Crippen molar-refractivity contribution < 1.29 is 9.47 Å². The summed E-state index contributed by atoms with van der Waals surface area (Å²) in [4.78, 5) is 8.24. The predicted molar refractivity (Wildman–Crippen MR) is 53.8 cm³/mol. The van der Waals surface area contributed by atoms with E-state index >= 15 is 0 Å². The summed E-state index contributed by atoms with van der Waals surface area (Å²) in [5, 5.41) is 0. The fourth-order valence-corrected chi connectivity index (χ4v) is 1.18. The predicted octanol–water partition coefficient (Wildman–Crippen LogP) is 1.53. The molecule has 0 aromatic carbocycles. The normalized spacial score (nSPS) is 9.64. The second-order valence-corrected chi connectivity index (χ2v) is 2.78. The second-order valence-electron chi connectivity index (χ2n) is 2.78. The zero-order valence-electron chi connectivity index (χ0n) is 8.70. The number of ether oxygens (including phenoxy) is 2. The molecule has 0 aliphatic carbocycles. The number of hydrogen-bond donors (Lipinski definition) is 0. The third-order valence-corrected chi connectivity index (χ3v) is 1.88. The highest BCUT2D eigenvalue weighted by Crippen LogP contribution is 2.21. The van der Waals surface area contributed by atoms with Gasteiger partial charge in [0.25, 0.3) is 0 Å². The number of nitrogens with zero attached hydrogens (tertiary/aromatic N) is 2. The highest BCUT2D eigenvalue weighted by molar-refractivity contribution is 5.33. The maximum atomic E-state index is 5.14. The molecule has 0 N–H and O–H groups in total. The zero-order valence-corrected chi connectivity index (χ0v) is 8.70. The van der Waals surface area contributed by atoms with Crippen LogP contribution >= 0.6 is 0 Å². The Hall–Kier alpha value is -1.58. The molecule has 0 radical (unpaired) electrons. The molecule has 1 heterocycles. The number of rotatable bonds is 4. The Morgan fingerprint density at radius 3 is 2.50 bits per heavy atom. The molecular formula is C10H14N2O2. The van der Waals surface area contributed by atoms with Gasteiger partial charge in [-0.25, -0.2) is 4.98 Å². The van der Waals surface area contributed by atoms with E-state index < -0.39 is 0 Å². The molecule has 0 saturated carbocycles. The van der Waals surface area contributed by atoms with E-state index in [0.29, 0.717) is 18.3 Å². The monoisotopic (exact) mass is 194 g/mol. The van der Waals surface area contributed by atoms with Crippen molar-refractivity contribution in [1.29, 1.82) is 0 Å². The van der Waals surface area contributed by atoms with E-state index in [4.69, 9.17) is 9.47 Å². The van der Waals surface area contributed by atoms with Crippen molar-refractivity contribution in [3.63, 3.8) is 0 Å². The molecule has 0 amide bonds. The van der Waals surface area contributed by atoms with Crippen LogP contribution in [0.1, 0.15) is 11.3 Å². The summed E-state index contributed by atoms with van der Waals surface area (Å²) in [6.07, 6.45) is 2.49. The summed E-state index contributed by atoms with van der Waals surface area (Å²) in [5.74, 6) is 0.550. The molecule has 0 aliphatic heterocycles. The van der Waals surface area contributed by atoms with E-state index in [1.165, 1.54) is 7.11 Å². The van der Waals surface area contributed by atoms with Crippen LogP contribution in [0.3, 0.4) is 0 Å². The van der Waals surface area contributed by atoms with Gasteiger partial charge in [-0.2, -0.15) is 4.98 Å². The smallest absolute Gasteiger partial charge is 0.319 e. The van der Waals surface area contributed by atoms with Crippen LogP contribution < -0.4 is 9.47 Å². The molecule has 1 aromatic rings. The average Bonchev–Trinajstić information content (AvgIpc) is 2.20. The van der Waals surface area contributed by atoms with Crippen LogP contribution in [-0.2, 0) is 6.42 Å². The minimum absolute atomic E-state index is 0.326. The lowest BCUT2D eigenvalue weighted by atomic mass is 10.1. The molecule has 0 aliphatic rings. The second kappa shape index (κ2) is 4.60. The van der Waals surface area contributed by atoms with Gasteiger partial charge in [0, 0.05) is 5.56 Å². The quantitative estimate of drug-likeness (QED) is 0.682. The van der Waals surface area contributed by atoms with Gasteiger partial charge in [-0.15, -0.1) is 6.58 Å². The molecule has 4 nitrogen and oxygen atoms in total. The molecule has 0 bridgehead atoms. The van der Waals surface area contributed by atoms with Crippen LogP contribution in [-0.4, -0.2) is 24.2 Å². The summed E-state index contributed by atoms with van der Waals surface area (Å²) in [6, 6.07) is 0.326. The van der Waals surface area contributed by atoms with Gasteiger partial charge in [0.05, 0.1) is 19.9 Å². The lowest BCUT2D eigenvalue weighted by Gasteiger charge is -2.09. The molecule has 1 rings (SSSR count). The maximum Gasteiger partial charge on any atom is 0.319 e. The summed E-state index contributed by atoms with van der Waals surface area (Å²) >= 11 is 0. The van der Waals surface area contributed by atoms with Crippen LogP contribution in [0.4, 0.5) is 0 Å². The lowest BCUT2D eigenvalue weighted by Crippen LogP contribution is -2.03. The van der Waals surface area contributed by atoms with Crippen molar-refractivity contribution in [3.8, 4) is 11.9 Å². The van der Waals surface area contributed by atoms with Gasteiger partial charge in [-0.3, -0.25) is 0 Å². The van der Waals surface area contributed by atoms with Gasteiger partial charge in [0.1, 0.15) is 0 Å². The van der Waals surface area contributed by atoms with E-state index in [-0.39, 0.29) is 0 Å². The van der Waals surface area contributed by atoms with Gasteiger partial charge < -0.3 is 9.47 Å². The molecule has 0 saturated heterocycles. The zero-order chi connectivity index (χ0) is 10.6. The first-order valence-electron chi connectivity index (χ1n) is 4.29. The molecule has 0 atom stereocenters. The first-order chi connectivity index (χ1) is 6.72. The van der Waals surface area contributed by atoms with Crippen molar-refractivity contribution in [2.24, 2.45) is 0 Å². The number of aryl methyl sites for hydroxylation is 1. The minimum atomic E-state index is 0.326. The first kappa shape index (κ1) is 10.5. The number of methoxy groups -OCH3 is 2. The third kappa shape index (κ3) is 2.02. The van der Waals surface area contributed by atoms with Gasteiger partial charge in [0.2, 0.25) is 5.88 Å². The van der Waals surface area contributed by atoms with E-state index in [2.05, 4.69) is 16.5 Å². The first-order valence-corrected chi connectivity index (χ1v) is 4.29. The summed E-state index contributed by atoms with van der Waals surface area (Å²) in [5.41, 5.74) is 1.80. The summed E-state index contributed by atoms with van der Waals surface area (Å²) in [7, 11) is 3.11. The van der Waals surface area contributed by atoms with Gasteiger partial charge in [0.15, 0.2) is 0 Å². The van der Waals surface area contributed by atoms with Crippen LogP contribution in [0.5, 0.6) is 11.9 Å². The summed E-state index contributed by atoms with van der Waals surface area (Å²) < 4.78 is 10.1. The number of hydrogen-bond acceptors (Lipinski definition) is 4. The Labute approximate surface area is 83.6 Å². The lowest BCUT2D eigenvalue weighted by molar-refractivity contribution is 0.348.